The first-order valence-corrected chi connectivity index (χ1v) is 4.69. The SMILES string of the molecule is Nc1ncnc(-c2ccc(F)cc2C(F)(F)F)n1. The number of rotatable bonds is 1. The van der Waals surface area contributed by atoms with Crippen molar-refractivity contribution in [2.24, 2.45) is 0 Å². The summed E-state index contributed by atoms with van der Waals surface area (Å²) in [5.74, 6) is -1.46. The smallest absolute Gasteiger partial charge is 0.368 e. The van der Waals surface area contributed by atoms with Gasteiger partial charge >= 0.3 is 6.18 Å². The van der Waals surface area contributed by atoms with Crippen molar-refractivity contribution in [1.82, 2.24) is 15.0 Å². The Labute approximate surface area is 98.5 Å². The number of hydrogen-bond acceptors (Lipinski definition) is 4. The highest BCUT2D eigenvalue weighted by Gasteiger charge is 2.34. The van der Waals surface area contributed by atoms with E-state index >= 15 is 0 Å². The molecule has 94 valence electrons. The fraction of sp³-hybridized carbons (Fsp3) is 0.100. The van der Waals surface area contributed by atoms with Crippen molar-refractivity contribution in [3.8, 4) is 11.4 Å². The number of halogens is 4. The van der Waals surface area contributed by atoms with Gasteiger partial charge in [0.15, 0.2) is 5.82 Å². The Bertz CT molecular complexity index is 582. The number of anilines is 1. The Morgan fingerprint density at radius 3 is 2.44 bits per heavy atom. The van der Waals surface area contributed by atoms with E-state index in [9.17, 15) is 17.6 Å². The van der Waals surface area contributed by atoms with E-state index in [1.54, 1.807) is 0 Å². The molecule has 4 nitrogen and oxygen atoms in total. The van der Waals surface area contributed by atoms with Gasteiger partial charge in [-0.2, -0.15) is 18.2 Å². The molecule has 0 aliphatic rings. The van der Waals surface area contributed by atoms with E-state index in [1.807, 2.05) is 0 Å². The third kappa shape index (κ3) is 2.36. The van der Waals surface area contributed by atoms with Gasteiger partial charge in [0.05, 0.1) is 5.56 Å². The van der Waals surface area contributed by atoms with E-state index < -0.39 is 17.6 Å². The Morgan fingerprint density at radius 2 is 1.83 bits per heavy atom. The Balaban J connectivity index is 2.64. The molecule has 1 heterocycles. The molecule has 1 aromatic heterocycles. The van der Waals surface area contributed by atoms with Crippen LogP contribution in [0.2, 0.25) is 0 Å². The van der Waals surface area contributed by atoms with Crippen LogP contribution < -0.4 is 5.73 Å². The van der Waals surface area contributed by atoms with Crippen molar-refractivity contribution in [2.45, 2.75) is 6.18 Å². The lowest BCUT2D eigenvalue weighted by Gasteiger charge is -2.11. The molecule has 0 radical (unpaired) electrons. The predicted octanol–water partition coefficient (Wildman–Crippen LogP) is 2.28. The summed E-state index contributed by atoms with van der Waals surface area (Å²) in [6.07, 6.45) is -3.72. The zero-order valence-corrected chi connectivity index (χ0v) is 8.74. The molecule has 1 aromatic carbocycles. The number of hydrogen-bond donors (Lipinski definition) is 1. The van der Waals surface area contributed by atoms with Crippen LogP contribution in [0.25, 0.3) is 11.4 Å². The third-order valence-electron chi connectivity index (χ3n) is 2.12. The van der Waals surface area contributed by atoms with E-state index in [0.29, 0.717) is 6.07 Å². The van der Waals surface area contributed by atoms with Gasteiger partial charge in [-0.1, -0.05) is 0 Å². The number of alkyl halides is 3. The molecule has 0 saturated carbocycles. The van der Waals surface area contributed by atoms with Gasteiger partial charge in [-0.05, 0) is 18.2 Å². The minimum atomic E-state index is -4.71. The lowest BCUT2D eigenvalue weighted by atomic mass is 10.1. The van der Waals surface area contributed by atoms with Gasteiger partial charge in [-0.3, -0.25) is 0 Å². The summed E-state index contributed by atoms with van der Waals surface area (Å²) < 4.78 is 51.1. The predicted molar refractivity (Wildman–Crippen MR) is 54.6 cm³/mol. The van der Waals surface area contributed by atoms with Gasteiger partial charge in [0.25, 0.3) is 0 Å². The third-order valence-corrected chi connectivity index (χ3v) is 2.12. The molecule has 0 amide bonds. The van der Waals surface area contributed by atoms with Crippen LogP contribution in [-0.2, 0) is 6.18 Å². The highest BCUT2D eigenvalue weighted by atomic mass is 19.4. The van der Waals surface area contributed by atoms with Crippen LogP contribution in [0.15, 0.2) is 24.5 Å². The number of aromatic nitrogens is 3. The molecule has 0 spiro atoms. The molecule has 0 unspecified atom stereocenters. The summed E-state index contributed by atoms with van der Waals surface area (Å²) in [5.41, 5.74) is 3.76. The molecule has 2 N–H and O–H groups in total. The second-order valence-electron chi connectivity index (χ2n) is 3.35. The van der Waals surface area contributed by atoms with Crippen molar-refractivity contribution in [2.75, 3.05) is 5.73 Å². The monoisotopic (exact) mass is 258 g/mol. The van der Waals surface area contributed by atoms with E-state index in [2.05, 4.69) is 15.0 Å². The number of nitrogens with zero attached hydrogens (tertiary/aromatic N) is 3. The number of nitrogens with two attached hydrogens (primary N) is 1. The fourth-order valence-corrected chi connectivity index (χ4v) is 1.38. The van der Waals surface area contributed by atoms with Gasteiger partial charge < -0.3 is 5.73 Å². The second kappa shape index (κ2) is 4.21. The summed E-state index contributed by atoms with van der Waals surface area (Å²) in [7, 11) is 0. The zero-order valence-electron chi connectivity index (χ0n) is 8.74. The number of nitrogen functional groups attached to an aromatic ring is 1. The van der Waals surface area contributed by atoms with E-state index in [4.69, 9.17) is 5.73 Å². The maximum Gasteiger partial charge on any atom is 0.417 e. The van der Waals surface area contributed by atoms with Crippen molar-refractivity contribution in [1.29, 1.82) is 0 Å². The van der Waals surface area contributed by atoms with E-state index in [-0.39, 0.29) is 17.3 Å². The van der Waals surface area contributed by atoms with Gasteiger partial charge in [0.1, 0.15) is 12.1 Å². The van der Waals surface area contributed by atoms with Crippen molar-refractivity contribution in [3.05, 3.63) is 35.9 Å². The molecule has 0 bridgehead atoms. The Kier molecular flexibility index (Phi) is 2.85. The lowest BCUT2D eigenvalue weighted by Crippen LogP contribution is -2.09. The molecule has 0 atom stereocenters. The van der Waals surface area contributed by atoms with Gasteiger partial charge in [-0.25, -0.2) is 14.4 Å². The quantitative estimate of drug-likeness (QED) is 0.797. The molecular weight excluding hydrogens is 252 g/mol. The molecule has 0 aliphatic carbocycles. The molecule has 0 saturated heterocycles. The van der Waals surface area contributed by atoms with Crippen LogP contribution in [0.4, 0.5) is 23.5 Å². The standard InChI is InChI=1S/C10H6F4N4/c11-5-1-2-6(7(3-5)10(12,13)14)8-16-4-17-9(15)18-8/h1-4H,(H2,15,16,17,18). The minimum Gasteiger partial charge on any atom is -0.368 e. The largest absolute Gasteiger partial charge is 0.417 e. The summed E-state index contributed by atoms with van der Waals surface area (Å²) in [6, 6.07) is 2.23. The van der Waals surface area contributed by atoms with Crippen molar-refractivity contribution >= 4 is 5.95 Å². The molecule has 2 aromatic rings. The first-order valence-electron chi connectivity index (χ1n) is 4.69. The average Bonchev–Trinajstić information content (AvgIpc) is 2.27. The molecule has 0 fully saturated rings. The van der Waals surface area contributed by atoms with E-state index in [0.717, 1.165) is 18.5 Å². The normalized spacial score (nSPS) is 11.6. The van der Waals surface area contributed by atoms with Crippen LogP contribution in [0.1, 0.15) is 5.56 Å². The van der Waals surface area contributed by atoms with Crippen LogP contribution >= 0.6 is 0 Å². The summed E-state index contributed by atoms with van der Waals surface area (Å²) in [6.45, 7) is 0. The maximum atomic E-state index is 12.9. The summed E-state index contributed by atoms with van der Waals surface area (Å²) in [5, 5.41) is 0. The molecule has 8 heteroatoms. The molecule has 0 aliphatic heterocycles. The highest BCUT2D eigenvalue weighted by Crippen LogP contribution is 2.36. The van der Waals surface area contributed by atoms with Crippen LogP contribution in [-0.4, -0.2) is 15.0 Å². The van der Waals surface area contributed by atoms with Crippen molar-refractivity contribution in [3.63, 3.8) is 0 Å². The summed E-state index contributed by atoms with van der Waals surface area (Å²) >= 11 is 0. The fourth-order valence-electron chi connectivity index (χ4n) is 1.38. The first-order chi connectivity index (χ1) is 8.38. The van der Waals surface area contributed by atoms with Gasteiger partial charge in [0.2, 0.25) is 5.95 Å². The Morgan fingerprint density at radius 1 is 1.11 bits per heavy atom. The zero-order chi connectivity index (χ0) is 13.3. The highest BCUT2D eigenvalue weighted by molar-refractivity contribution is 5.61. The second-order valence-corrected chi connectivity index (χ2v) is 3.35. The maximum absolute atomic E-state index is 12.9. The first kappa shape index (κ1) is 12.2. The van der Waals surface area contributed by atoms with Crippen molar-refractivity contribution < 1.29 is 17.6 Å². The molecule has 18 heavy (non-hydrogen) atoms. The van der Waals surface area contributed by atoms with Gasteiger partial charge in [-0.15, -0.1) is 0 Å². The number of benzene rings is 1. The Hall–Kier alpha value is -2.25. The minimum absolute atomic E-state index is 0.211. The topological polar surface area (TPSA) is 64.7 Å². The van der Waals surface area contributed by atoms with E-state index in [1.165, 1.54) is 0 Å². The summed E-state index contributed by atoms with van der Waals surface area (Å²) in [4.78, 5) is 10.6. The van der Waals surface area contributed by atoms with Gasteiger partial charge in [0, 0.05) is 5.56 Å². The lowest BCUT2D eigenvalue weighted by molar-refractivity contribution is -0.137. The van der Waals surface area contributed by atoms with Crippen LogP contribution in [0, 0.1) is 5.82 Å². The molecule has 2 rings (SSSR count). The van der Waals surface area contributed by atoms with Crippen LogP contribution in [0.3, 0.4) is 0 Å². The average molecular weight is 258 g/mol. The molecular formula is C10H6F4N4. The van der Waals surface area contributed by atoms with Crippen LogP contribution in [0.5, 0.6) is 0 Å².